The van der Waals surface area contributed by atoms with E-state index < -0.39 is 0 Å². The first-order valence-corrected chi connectivity index (χ1v) is 15.0. The van der Waals surface area contributed by atoms with Gasteiger partial charge in [-0.2, -0.15) is 0 Å². The molecule has 0 unspecified atom stereocenters. The van der Waals surface area contributed by atoms with E-state index in [1.54, 1.807) is 11.8 Å². The zero-order valence-corrected chi connectivity index (χ0v) is 22.7. The molecule has 2 saturated heterocycles. The van der Waals surface area contributed by atoms with Crippen molar-refractivity contribution >= 4 is 45.0 Å². The van der Waals surface area contributed by atoms with Crippen molar-refractivity contribution < 1.29 is 4.79 Å². The van der Waals surface area contributed by atoms with Gasteiger partial charge in [0.05, 0.1) is 16.3 Å². The molecule has 0 spiro atoms. The smallest absolute Gasteiger partial charge is 0.264 e. The van der Waals surface area contributed by atoms with Crippen LogP contribution in [0, 0.1) is 0 Å². The number of hydrogen-bond donors (Lipinski definition) is 0. The van der Waals surface area contributed by atoms with E-state index in [2.05, 4.69) is 70.5 Å². The van der Waals surface area contributed by atoms with Crippen LogP contribution in [0.3, 0.4) is 0 Å². The maximum Gasteiger partial charge on any atom is 0.264 e. The standard InChI is InChI=1S/C29H31N5OS2/c1-36-29-30-26(33-14-8-9-15-33)23-20-24(37-27(23)31-29)28(35)34-18-16-32(17-19-34)25(21-10-4-2-5-11-21)22-12-6-3-7-13-22/h2-7,10-13,20,25H,8-9,14-19H2,1H3. The second-order valence-electron chi connectivity index (χ2n) is 9.61. The molecule has 1 amide bonds. The van der Waals surface area contributed by atoms with Crippen LogP contribution in [0.25, 0.3) is 10.2 Å². The number of aromatic nitrogens is 2. The van der Waals surface area contributed by atoms with E-state index in [4.69, 9.17) is 9.97 Å². The summed E-state index contributed by atoms with van der Waals surface area (Å²) in [4.78, 5) is 31.7. The van der Waals surface area contributed by atoms with E-state index in [9.17, 15) is 4.79 Å². The molecule has 6 rings (SSSR count). The molecule has 190 valence electrons. The fourth-order valence-corrected chi connectivity index (χ4v) is 6.89. The third-order valence-electron chi connectivity index (χ3n) is 7.35. The quantitative estimate of drug-likeness (QED) is 0.241. The molecule has 2 aliphatic rings. The maximum atomic E-state index is 13.6. The summed E-state index contributed by atoms with van der Waals surface area (Å²) in [7, 11) is 0. The molecule has 2 aromatic heterocycles. The Morgan fingerprint density at radius 3 is 2.08 bits per heavy atom. The van der Waals surface area contributed by atoms with Crippen molar-refractivity contribution in [3.63, 3.8) is 0 Å². The zero-order chi connectivity index (χ0) is 25.2. The zero-order valence-electron chi connectivity index (χ0n) is 21.0. The van der Waals surface area contributed by atoms with Gasteiger partial charge in [0, 0.05) is 39.3 Å². The van der Waals surface area contributed by atoms with E-state index >= 15 is 0 Å². The van der Waals surface area contributed by atoms with Crippen LogP contribution in [-0.2, 0) is 0 Å². The van der Waals surface area contributed by atoms with E-state index in [1.165, 1.54) is 35.3 Å². The molecule has 6 nitrogen and oxygen atoms in total. The van der Waals surface area contributed by atoms with Crippen molar-refractivity contribution in [2.24, 2.45) is 0 Å². The molecule has 8 heteroatoms. The average Bonchev–Trinajstić information content (AvgIpc) is 3.64. The summed E-state index contributed by atoms with van der Waals surface area (Å²) in [5.41, 5.74) is 2.58. The Balaban J connectivity index is 1.22. The Hall–Kier alpha value is -2.94. The number of thiophene rings is 1. The van der Waals surface area contributed by atoms with Crippen LogP contribution in [-0.4, -0.2) is 71.2 Å². The highest BCUT2D eigenvalue weighted by Crippen LogP contribution is 2.35. The Labute approximate surface area is 226 Å². The number of thioether (sulfide) groups is 1. The lowest BCUT2D eigenvalue weighted by atomic mass is 9.96. The molecule has 4 heterocycles. The summed E-state index contributed by atoms with van der Waals surface area (Å²) in [6, 6.07) is 23.6. The Morgan fingerprint density at radius 1 is 0.865 bits per heavy atom. The van der Waals surface area contributed by atoms with Gasteiger partial charge in [-0.15, -0.1) is 11.3 Å². The highest BCUT2D eigenvalue weighted by Gasteiger charge is 2.30. The summed E-state index contributed by atoms with van der Waals surface area (Å²) >= 11 is 3.06. The van der Waals surface area contributed by atoms with Gasteiger partial charge in [0.15, 0.2) is 5.16 Å². The molecular formula is C29H31N5OS2. The first-order valence-electron chi connectivity index (χ1n) is 12.9. The van der Waals surface area contributed by atoms with Crippen molar-refractivity contribution in [2.75, 3.05) is 50.4 Å². The molecule has 2 aliphatic heterocycles. The van der Waals surface area contributed by atoms with E-state index in [1.807, 2.05) is 17.2 Å². The molecule has 2 aromatic carbocycles. The predicted molar refractivity (Wildman–Crippen MR) is 153 cm³/mol. The van der Waals surface area contributed by atoms with Gasteiger partial charge in [-0.25, -0.2) is 9.97 Å². The lowest BCUT2D eigenvalue weighted by Gasteiger charge is -2.39. The predicted octanol–water partition coefficient (Wildman–Crippen LogP) is 5.56. The molecule has 4 aromatic rings. The maximum absolute atomic E-state index is 13.6. The molecule has 37 heavy (non-hydrogen) atoms. The minimum absolute atomic E-state index is 0.108. The molecule has 0 N–H and O–H groups in total. The minimum atomic E-state index is 0.108. The van der Waals surface area contributed by atoms with Crippen molar-refractivity contribution in [2.45, 2.75) is 24.0 Å². The number of piperazine rings is 1. The Kier molecular flexibility index (Phi) is 7.13. The summed E-state index contributed by atoms with van der Waals surface area (Å²) in [6.45, 7) is 5.13. The van der Waals surface area contributed by atoms with E-state index in [0.717, 1.165) is 52.2 Å². The van der Waals surface area contributed by atoms with E-state index in [-0.39, 0.29) is 11.9 Å². The number of nitrogens with zero attached hydrogens (tertiary/aromatic N) is 5. The highest BCUT2D eigenvalue weighted by molar-refractivity contribution is 7.98. The molecule has 0 bridgehead atoms. The van der Waals surface area contributed by atoms with Crippen LogP contribution in [0.1, 0.15) is 39.7 Å². The largest absolute Gasteiger partial charge is 0.356 e. The lowest BCUT2D eigenvalue weighted by Crippen LogP contribution is -2.49. The molecule has 0 atom stereocenters. The fraction of sp³-hybridized carbons (Fsp3) is 0.345. The first kappa shape index (κ1) is 24.4. The number of rotatable bonds is 6. The van der Waals surface area contributed by atoms with Gasteiger partial charge in [0.1, 0.15) is 10.6 Å². The van der Waals surface area contributed by atoms with Gasteiger partial charge >= 0.3 is 0 Å². The van der Waals surface area contributed by atoms with Crippen LogP contribution >= 0.6 is 23.1 Å². The van der Waals surface area contributed by atoms with Gasteiger partial charge in [-0.1, -0.05) is 72.4 Å². The third kappa shape index (κ3) is 4.98. The van der Waals surface area contributed by atoms with Crippen LogP contribution in [0.5, 0.6) is 0 Å². The normalized spacial score (nSPS) is 16.7. The summed E-state index contributed by atoms with van der Waals surface area (Å²) in [5, 5.41) is 1.79. The molecule has 2 fully saturated rings. The van der Waals surface area contributed by atoms with Crippen molar-refractivity contribution in [3.05, 3.63) is 82.7 Å². The summed E-state index contributed by atoms with van der Waals surface area (Å²) in [6.07, 6.45) is 4.38. The third-order valence-corrected chi connectivity index (χ3v) is 8.91. The number of carbonyl (C=O) groups is 1. The molecule has 0 saturated carbocycles. The van der Waals surface area contributed by atoms with Crippen molar-refractivity contribution in [1.82, 2.24) is 19.8 Å². The second-order valence-corrected chi connectivity index (χ2v) is 11.4. The lowest BCUT2D eigenvalue weighted by molar-refractivity contribution is 0.0602. The van der Waals surface area contributed by atoms with Gasteiger partial charge in [-0.05, 0) is 36.3 Å². The Bertz CT molecular complexity index is 1320. The molecular weight excluding hydrogens is 498 g/mol. The highest BCUT2D eigenvalue weighted by atomic mass is 32.2. The van der Waals surface area contributed by atoms with Crippen molar-refractivity contribution in [3.8, 4) is 0 Å². The van der Waals surface area contributed by atoms with Crippen LogP contribution < -0.4 is 4.90 Å². The van der Waals surface area contributed by atoms with Gasteiger partial charge < -0.3 is 9.80 Å². The number of anilines is 1. The summed E-state index contributed by atoms with van der Waals surface area (Å²) < 4.78 is 0. The van der Waals surface area contributed by atoms with Crippen LogP contribution in [0.15, 0.2) is 71.9 Å². The second kappa shape index (κ2) is 10.8. The number of benzene rings is 2. The summed E-state index contributed by atoms with van der Waals surface area (Å²) in [5.74, 6) is 1.09. The minimum Gasteiger partial charge on any atom is -0.356 e. The monoisotopic (exact) mass is 529 g/mol. The van der Waals surface area contributed by atoms with Crippen LogP contribution in [0.4, 0.5) is 5.82 Å². The first-order chi connectivity index (χ1) is 18.2. The number of hydrogen-bond acceptors (Lipinski definition) is 7. The molecule has 0 radical (unpaired) electrons. The SMILES string of the molecule is CSc1nc(N2CCCC2)c2cc(C(=O)N3CCN(C(c4ccccc4)c4ccccc4)CC3)sc2n1. The van der Waals surface area contributed by atoms with E-state index in [0.29, 0.717) is 13.1 Å². The Morgan fingerprint density at radius 2 is 1.49 bits per heavy atom. The number of carbonyl (C=O) groups excluding carboxylic acids is 1. The van der Waals surface area contributed by atoms with Gasteiger partial charge in [-0.3, -0.25) is 9.69 Å². The topological polar surface area (TPSA) is 52.6 Å². The fourth-order valence-electron chi connectivity index (χ4n) is 5.48. The van der Waals surface area contributed by atoms with Gasteiger partial charge in [0.2, 0.25) is 0 Å². The average molecular weight is 530 g/mol. The van der Waals surface area contributed by atoms with Gasteiger partial charge in [0.25, 0.3) is 5.91 Å². The number of amides is 1. The van der Waals surface area contributed by atoms with Crippen LogP contribution in [0.2, 0.25) is 0 Å². The number of fused-ring (bicyclic) bond motifs is 1. The molecule has 0 aliphatic carbocycles. The van der Waals surface area contributed by atoms with Crippen molar-refractivity contribution in [1.29, 1.82) is 0 Å².